The lowest BCUT2D eigenvalue weighted by Gasteiger charge is -2.36. The summed E-state index contributed by atoms with van der Waals surface area (Å²) in [5, 5.41) is 28.4. The van der Waals surface area contributed by atoms with E-state index in [0.717, 1.165) is 108 Å². The largest absolute Gasteiger partial charge is 0.490 e. The van der Waals surface area contributed by atoms with Crippen molar-refractivity contribution in [1.82, 2.24) is 20.2 Å². The summed E-state index contributed by atoms with van der Waals surface area (Å²) in [6.45, 7) is 7.98. The van der Waals surface area contributed by atoms with Crippen LogP contribution in [0.1, 0.15) is 101 Å². The number of aromatic carboxylic acids is 1. The van der Waals surface area contributed by atoms with Crippen LogP contribution in [0.2, 0.25) is 0 Å². The molecule has 5 N–H and O–H groups in total. The summed E-state index contributed by atoms with van der Waals surface area (Å²) >= 11 is 1.44. The lowest BCUT2D eigenvalue weighted by atomic mass is 9.84. The molecule has 1 aliphatic carbocycles. The predicted molar refractivity (Wildman–Crippen MR) is 288 cm³/mol. The molecule has 15 nitrogen and oxygen atoms in total. The number of nitrogens with one attached hydrogen (secondary N) is 4. The molecular weight excluding hydrogens is 939 g/mol. The second-order valence-corrected chi connectivity index (χ2v) is 20.9. The van der Waals surface area contributed by atoms with Crippen LogP contribution >= 0.6 is 11.3 Å². The van der Waals surface area contributed by atoms with Crippen molar-refractivity contribution in [3.63, 3.8) is 0 Å². The lowest BCUT2D eigenvalue weighted by molar-refractivity contribution is -0.134. The average Bonchev–Trinajstić information content (AvgIpc) is 3.82. The second kappa shape index (κ2) is 21.9. The Morgan fingerprint density at radius 2 is 1.64 bits per heavy atom. The maximum Gasteiger partial charge on any atom is 0.355 e. The van der Waals surface area contributed by atoms with Gasteiger partial charge in [0.1, 0.15) is 11.6 Å². The van der Waals surface area contributed by atoms with Crippen LogP contribution < -0.4 is 30.5 Å². The molecule has 1 saturated carbocycles. The van der Waals surface area contributed by atoms with E-state index in [4.69, 9.17) is 15.1 Å². The van der Waals surface area contributed by atoms with Crippen LogP contribution in [0, 0.1) is 24.2 Å². The Morgan fingerprint density at radius 1 is 0.836 bits per heavy atom. The zero-order chi connectivity index (χ0) is 50.6. The van der Waals surface area contributed by atoms with E-state index in [1.54, 1.807) is 0 Å². The maximum absolute atomic E-state index is 13.7. The van der Waals surface area contributed by atoms with Gasteiger partial charge in [-0.15, -0.1) is 0 Å². The molecule has 1 unspecified atom stereocenters. The van der Waals surface area contributed by atoms with Gasteiger partial charge in [-0.25, -0.2) is 14.8 Å². The minimum atomic E-state index is -1.10. The Hall–Kier alpha value is -7.17. The van der Waals surface area contributed by atoms with E-state index in [1.165, 1.54) is 30.6 Å². The van der Waals surface area contributed by atoms with Gasteiger partial charge in [-0.2, -0.15) is 0 Å². The monoisotopic (exact) mass is 1000 g/mol. The third kappa shape index (κ3) is 11.0. The Bertz CT molecular complexity index is 3030. The molecule has 4 aromatic carbocycles. The molecule has 1 atom stereocenters. The van der Waals surface area contributed by atoms with Gasteiger partial charge >= 0.3 is 5.97 Å². The van der Waals surface area contributed by atoms with Crippen LogP contribution in [0.25, 0.3) is 21.3 Å². The zero-order valence-corrected chi connectivity index (χ0v) is 42.4. The fourth-order valence-corrected chi connectivity index (χ4v) is 12.0. The van der Waals surface area contributed by atoms with Crippen molar-refractivity contribution < 1.29 is 29.0 Å². The number of thiazole rings is 1. The highest BCUT2D eigenvalue weighted by molar-refractivity contribution is 7.22. The number of carbonyl (C=O) groups is 4. The van der Waals surface area contributed by atoms with Gasteiger partial charge in [0.2, 0.25) is 11.8 Å². The number of carboxylic acids is 1. The smallest absolute Gasteiger partial charge is 0.355 e. The van der Waals surface area contributed by atoms with Gasteiger partial charge in [0.25, 0.3) is 5.91 Å². The van der Waals surface area contributed by atoms with Crippen LogP contribution in [0.5, 0.6) is 5.75 Å². The number of carboxylic acid groups (broad SMARTS) is 1. The summed E-state index contributed by atoms with van der Waals surface area (Å²) < 4.78 is 7.68. The van der Waals surface area contributed by atoms with Crippen molar-refractivity contribution in [3.8, 4) is 16.9 Å². The summed E-state index contributed by atoms with van der Waals surface area (Å²) in [5.41, 5.74) is 8.43. The second-order valence-electron chi connectivity index (χ2n) is 19.8. The third-order valence-corrected chi connectivity index (χ3v) is 16.3. The number of aromatic nitrogens is 2. The minimum absolute atomic E-state index is 0.0212. The quantitative estimate of drug-likeness (QED) is 0.0351. The fraction of sp³-hybridized carbons (Fsp3) is 0.386. The molecular formula is C57H63N9O6S. The molecule has 6 aromatic rings. The molecule has 0 spiro atoms. The highest BCUT2D eigenvalue weighted by Gasteiger charge is 2.32. The number of imide groups is 1. The lowest BCUT2D eigenvalue weighted by Crippen LogP contribution is -2.46. The van der Waals surface area contributed by atoms with Crippen LogP contribution in [0.4, 0.5) is 22.3 Å². The number of anilines is 4. The molecule has 10 rings (SSSR count). The minimum Gasteiger partial charge on any atom is -0.490 e. The van der Waals surface area contributed by atoms with E-state index >= 15 is 0 Å². The molecule has 3 fully saturated rings. The van der Waals surface area contributed by atoms with Crippen LogP contribution in [0.3, 0.4) is 0 Å². The Labute approximate surface area is 429 Å². The van der Waals surface area contributed by atoms with Crippen molar-refractivity contribution in [1.29, 1.82) is 5.41 Å². The van der Waals surface area contributed by atoms with Gasteiger partial charge in [-0.3, -0.25) is 29.9 Å². The predicted octanol–water partition coefficient (Wildman–Crippen LogP) is 9.57. The number of para-hydroxylation sites is 1. The van der Waals surface area contributed by atoms with Crippen molar-refractivity contribution in [2.45, 2.75) is 83.8 Å². The standard InChI is InChI=1S/C57H63N9O6S/c1-35-40(41-22-24-50(61-53(41)56(70)71)66-28-26-37-10-7-12-42(45(37)34-66)54(68)63-57-60-46-13-3-4-15-49(46)73-57)11-8-14-48(35)72-39-19-16-36(17-20-39)9-5-6-27-64-29-31-65(32-30-64)38-18-21-43(47(33-38)59-2)52(58)44-23-25-51(67)62-55(44)69/h3-4,7-8,10-15,18,21-22,24,33,36,39,44,58-59H,5-6,9,16-17,19-20,23,25-32,34H2,1-2H3,(H,70,71)(H,60,63,68)(H,62,67,69). The van der Waals surface area contributed by atoms with E-state index in [0.29, 0.717) is 59.5 Å². The highest BCUT2D eigenvalue weighted by atomic mass is 32.1. The maximum atomic E-state index is 13.7. The van der Waals surface area contributed by atoms with Crippen molar-refractivity contribution in [2.75, 3.05) is 66.7 Å². The number of unbranched alkanes of at least 4 members (excludes halogenated alkanes) is 1. The molecule has 16 heteroatoms. The van der Waals surface area contributed by atoms with Gasteiger partial charge in [0, 0.05) is 80.8 Å². The number of rotatable bonds is 16. The summed E-state index contributed by atoms with van der Waals surface area (Å²) in [5.74, 6) is -0.611. The first-order chi connectivity index (χ1) is 35.5. The average molecular weight is 1000 g/mol. The first-order valence-corrected chi connectivity index (χ1v) is 26.6. The number of piperazine rings is 1. The molecule has 2 saturated heterocycles. The molecule has 4 aliphatic rings. The number of amides is 3. The summed E-state index contributed by atoms with van der Waals surface area (Å²) in [4.78, 5) is 67.0. The van der Waals surface area contributed by atoms with E-state index in [1.807, 2.05) is 104 Å². The number of carbonyl (C=O) groups excluding carboxylic acids is 3. The number of benzene rings is 4. The summed E-state index contributed by atoms with van der Waals surface area (Å²) in [6.07, 6.45) is 9.26. The van der Waals surface area contributed by atoms with Gasteiger partial charge in [-0.1, -0.05) is 60.6 Å². The first-order valence-electron chi connectivity index (χ1n) is 25.7. The van der Waals surface area contributed by atoms with Gasteiger partial charge < -0.3 is 30.4 Å². The molecule has 73 heavy (non-hydrogen) atoms. The molecule has 5 heterocycles. The molecule has 2 aromatic heterocycles. The van der Waals surface area contributed by atoms with Gasteiger partial charge in [0.15, 0.2) is 10.8 Å². The first kappa shape index (κ1) is 49.4. The Kier molecular flexibility index (Phi) is 14.8. The van der Waals surface area contributed by atoms with Crippen molar-refractivity contribution >= 4 is 73.3 Å². The summed E-state index contributed by atoms with van der Waals surface area (Å²) in [7, 11) is 1.84. The normalized spacial score (nSPS) is 19.3. The van der Waals surface area contributed by atoms with E-state index in [2.05, 4.69) is 36.8 Å². The van der Waals surface area contributed by atoms with Gasteiger partial charge in [0.05, 0.1) is 28.0 Å². The van der Waals surface area contributed by atoms with Crippen LogP contribution in [0.15, 0.2) is 91.0 Å². The number of pyridine rings is 1. The number of ether oxygens (including phenoxy) is 1. The Morgan fingerprint density at radius 3 is 2.42 bits per heavy atom. The third-order valence-electron chi connectivity index (χ3n) is 15.3. The van der Waals surface area contributed by atoms with Crippen LogP contribution in [-0.4, -0.2) is 102 Å². The number of piperidine rings is 1. The fourth-order valence-electron chi connectivity index (χ4n) is 11.2. The van der Waals surface area contributed by atoms with Crippen molar-refractivity contribution in [2.24, 2.45) is 11.8 Å². The molecule has 0 bridgehead atoms. The van der Waals surface area contributed by atoms with Crippen molar-refractivity contribution in [3.05, 3.63) is 125 Å². The number of fused-ring (bicyclic) bond motifs is 2. The van der Waals surface area contributed by atoms with Gasteiger partial charge in [-0.05, 0) is 141 Å². The number of nitrogens with zero attached hydrogens (tertiary/aromatic N) is 5. The molecule has 3 amide bonds. The molecule has 3 aliphatic heterocycles. The number of hydrogen-bond acceptors (Lipinski definition) is 13. The molecule has 0 radical (unpaired) electrons. The Balaban J connectivity index is 0.687. The van der Waals surface area contributed by atoms with E-state index in [9.17, 15) is 24.3 Å². The van der Waals surface area contributed by atoms with E-state index in [-0.39, 0.29) is 35.7 Å². The summed E-state index contributed by atoms with van der Waals surface area (Å²) in [6, 6.07) is 29.2. The van der Waals surface area contributed by atoms with Crippen LogP contribution in [-0.2, 0) is 22.6 Å². The SMILES string of the molecule is CNc1cc(N2CCN(CCCCC3CCC(Oc4cccc(-c5ccc(N6CCc7cccc(C(=O)Nc8nc9ccccc9s8)c7C6)nc5C(=O)O)c4C)CC3)CC2)ccc1C(=N)C1CCC(=O)NC1=O. The van der Waals surface area contributed by atoms with E-state index < -0.39 is 17.8 Å². The number of hydrogen-bond donors (Lipinski definition) is 5. The topological polar surface area (TPSA) is 193 Å². The highest BCUT2D eigenvalue weighted by Crippen LogP contribution is 2.38. The molecule has 378 valence electrons. The zero-order valence-electron chi connectivity index (χ0n) is 41.5.